The molecule has 9 heteroatoms. The minimum absolute atomic E-state index is 0.381. The third-order valence-electron chi connectivity index (χ3n) is 6.35. The molecule has 1 aromatic heterocycles. The zero-order valence-corrected chi connectivity index (χ0v) is 20.3. The number of hydrogen-bond acceptors (Lipinski definition) is 6. The monoisotopic (exact) mass is 500 g/mol. The van der Waals surface area contributed by atoms with Gasteiger partial charge in [0.2, 0.25) is 11.8 Å². The minimum Gasteiger partial charge on any atom is -0.495 e. The topological polar surface area (TPSA) is 102 Å². The predicted octanol–water partition coefficient (Wildman–Crippen LogP) is 5.57. The molecule has 3 N–H and O–H groups in total. The van der Waals surface area contributed by atoms with E-state index in [1.807, 2.05) is 19.2 Å². The highest BCUT2D eigenvalue weighted by molar-refractivity contribution is 6.16. The fourth-order valence-corrected chi connectivity index (χ4v) is 4.05. The van der Waals surface area contributed by atoms with Crippen LogP contribution in [-0.2, 0) is 9.59 Å². The molecular weight excluding hydrogens is 475 g/mol. The summed E-state index contributed by atoms with van der Waals surface area (Å²) >= 11 is 0. The van der Waals surface area contributed by atoms with Gasteiger partial charge in [0.25, 0.3) is 0 Å². The Balaban J connectivity index is 1.27. The van der Waals surface area contributed by atoms with Crippen molar-refractivity contribution < 1.29 is 23.5 Å². The number of carbonyl (C=O) groups is 2. The van der Waals surface area contributed by atoms with Gasteiger partial charge in [-0.1, -0.05) is 0 Å². The maximum atomic E-state index is 13.1. The number of amides is 2. The van der Waals surface area contributed by atoms with Crippen LogP contribution >= 0.6 is 0 Å². The molecule has 0 spiro atoms. The van der Waals surface area contributed by atoms with Gasteiger partial charge in [0.15, 0.2) is 0 Å². The van der Waals surface area contributed by atoms with E-state index in [-0.39, 0.29) is 5.91 Å². The average Bonchev–Trinajstić information content (AvgIpc) is 3.73. The summed E-state index contributed by atoms with van der Waals surface area (Å²) < 4.78 is 24.7. The molecule has 8 nitrogen and oxygen atoms in total. The molecule has 1 aliphatic carbocycles. The first-order chi connectivity index (χ1) is 17.9. The molecule has 0 saturated heterocycles. The maximum Gasteiger partial charge on any atom is 0.240 e. The summed E-state index contributed by atoms with van der Waals surface area (Å²) in [6.45, 7) is 0. The molecule has 37 heavy (non-hydrogen) atoms. The third-order valence-corrected chi connectivity index (χ3v) is 6.35. The summed E-state index contributed by atoms with van der Waals surface area (Å²) in [6, 6.07) is 17.8. The number of carbonyl (C=O) groups excluding carboxylic acids is 2. The number of benzene rings is 3. The largest absolute Gasteiger partial charge is 0.495 e. The number of aromatic nitrogens is 1. The molecule has 2 amide bonds. The molecule has 1 aliphatic rings. The Morgan fingerprint density at radius 2 is 1.51 bits per heavy atom. The van der Waals surface area contributed by atoms with Crippen LogP contribution in [0, 0.1) is 11.2 Å². The van der Waals surface area contributed by atoms with E-state index in [9.17, 15) is 14.0 Å². The normalized spacial score (nSPS) is 13.5. The smallest absolute Gasteiger partial charge is 0.240 e. The van der Waals surface area contributed by atoms with E-state index < -0.39 is 17.1 Å². The van der Waals surface area contributed by atoms with Gasteiger partial charge in [0, 0.05) is 30.0 Å². The zero-order chi connectivity index (χ0) is 26.0. The Morgan fingerprint density at radius 3 is 2.08 bits per heavy atom. The lowest BCUT2D eigenvalue weighted by molar-refractivity contribution is -0.131. The molecule has 188 valence electrons. The van der Waals surface area contributed by atoms with E-state index in [2.05, 4.69) is 20.9 Å². The summed E-state index contributed by atoms with van der Waals surface area (Å²) in [5, 5.41) is 9.40. The number of pyridine rings is 1. The second-order valence-electron chi connectivity index (χ2n) is 8.75. The summed E-state index contributed by atoms with van der Waals surface area (Å²) in [6.07, 6.45) is 2.56. The highest BCUT2D eigenvalue weighted by atomic mass is 19.1. The third kappa shape index (κ3) is 4.88. The molecule has 0 aliphatic heterocycles. The Morgan fingerprint density at radius 1 is 0.892 bits per heavy atom. The van der Waals surface area contributed by atoms with Crippen molar-refractivity contribution in [2.45, 2.75) is 12.8 Å². The van der Waals surface area contributed by atoms with Gasteiger partial charge in [-0.25, -0.2) is 4.39 Å². The van der Waals surface area contributed by atoms with E-state index in [1.54, 1.807) is 43.6 Å². The van der Waals surface area contributed by atoms with Crippen LogP contribution in [0.3, 0.4) is 0 Å². The second kappa shape index (κ2) is 9.77. The number of nitrogens with zero attached hydrogens (tertiary/aromatic N) is 1. The molecule has 3 aromatic carbocycles. The van der Waals surface area contributed by atoms with Gasteiger partial charge in [-0.05, 0) is 79.6 Å². The fraction of sp³-hybridized carbons (Fsp3) is 0.179. The average molecular weight is 501 g/mol. The van der Waals surface area contributed by atoms with Crippen molar-refractivity contribution in [3.8, 4) is 17.2 Å². The Kier molecular flexibility index (Phi) is 6.35. The predicted molar refractivity (Wildman–Crippen MR) is 140 cm³/mol. The number of methoxy groups -OCH3 is 1. The van der Waals surface area contributed by atoms with E-state index in [0.717, 1.165) is 16.6 Å². The summed E-state index contributed by atoms with van der Waals surface area (Å²) in [7, 11) is 3.41. The molecule has 0 unspecified atom stereocenters. The lowest BCUT2D eigenvalue weighted by atomic mass is 10.0. The first kappa shape index (κ1) is 24.1. The van der Waals surface area contributed by atoms with Crippen LogP contribution in [0.15, 0.2) is 72.9 Å². The first-order valence-corrected chi connectivity index (χ1v) is 11.7. The molecule has 5 rings (SSSR count). The van der Waals surface area contributed by atoms with E-state index >= 15 is 0 Å². The van der Waals surface area contributed by atoms with Crippen LogP contribution < -0.4 is 25.4 Å². The van der Waals surface area contributed by atoms with Crippen molar-refractivity contribution in [1.29, 1.82) is 0 Å². The number of anilines is 3. The van der Waals surface area contributed by atoms with Gasteiger partial charge in [-0.3, -0.25) is 14.6 Å². The van der Waals surface area contributed by atoms with Gasteiger partial charge in [-0.15, -0.1) is 0 Å². The quantitative estimate of drug-likeness (QED) is 0.273. The van der Waals surface area contributed by atoms with Gasteiger partial charge >= 0.3 is 0 Å². The van der Waals surface area contributed by atoms with Gasteiger partial charge in [0.05, 0.1) is 18.3 Å². The van der Waals surface area contributed by atoms with E-state index in [1.165, 1.54) is 24.3 Å². The van der Waals surface area contributed by atoms with Gasteiger partial charge in [0.1, 0.15) is 28.5 Å². The van der Waals surface area contributed by atoms with Crippen LogP contribution in [0.1, 0.15) is 12.8 Å². The van der Waals surface area contributed by atoms with Crippen LogP contribution in [-0.4, -0.2) is 31.0 Å². The highest BCUT2D eigenvalue weighted by Gasteiger charge is 2.56. The Bertz CT molecular complexity index is 1470. The summed E-state index contributed by atoms with van der Waals surface area (Å²) in [5.41, 5.74) is 1.42. The Hall–Kier alpha value is -4.66. The lowest BCUT2D eigenvalue weighted by Gasteiger charge is -2.16. The van der Waals surface area contributed by atoms with E-state index in [4.69, 9.17) is 9.47 Å². The number of ether oxygens (including phenoxy) is 2. The van der Waals surface area contributed by atoms with Crippen LogP contribution in [0.5, 0.6) is 17.2 Å². The highest BCUT2D eigenvalue weighted by Crippen LogP contribution is 2.47. The van der Waals surface area contributed by atoms with Crippen LogP contribution in [0.2, 0.25) is 0 Å². The number of hydrogen-bond donors (Lipinski definition) is 3. The minimum atomic E-state index is -1.13. The second-order valence-corrected chi connectivity index (χ2v) is 8.75. The maximum absolute atomic E-state index is 13.1. The molecule has 0 radical (unpaired) electrons. The molecular formula is C28H25FN4O4. The SMILES string of the molecule is CNc1cc2nccc(Oc3ccc(NC(=O)C4(C(=O)Nc5ccc(F)cc5)CC4)cc3)c2cc1OC. The standard InChI is InChI=1S/C28H25FN4O4/c1-30-23-16-22-21(15-25(23)36-2)24(11-14-31-22)37-20-9-7-19(8-10-20)33-27(35)28(12-13-28)26(34)32-18-5-3-17(29)4-6-18/h3-11,14-16,30H,12-13H2,1-2H3,(H,32,34)(H,33,35). The number of halogens is 1. The lowest BCUT2D eigenvalue weighted by Crippen LogP contribution is -2.35. The van der Waals surface area contributed by atoms with Crippen molar-refractivity contribution in [1.82, 2.24) is 4.98 Å². The van der Waals surface area contributed by atoms with Crippen LogP contribution in [0.4, 0.5) is 21.5 Å². The van der Waals surface area contributed by atoms with Crippen molar-refractivity contribution in [2.24, 2.45) is 5.41 Å². The number of nitrogens with one attached hydrogen (secondary N) is 3. The van der Waals surface area contributed by atoms with Gasteiger partial charge in [-0.2, -0.15) is 0 Å². The van der Waals surface area contributed by atoms with Crippen molar-refractivity contribution in [3.63, 3.8) is 0 Å². The first-order valence-electron chi connectivity index (χ1n) is 11.7. The van der Waals surface area contributed by atoms with E-state index in [0.29, 0.717) is 41.5 Å². The molecule has 1 saturated carbocycles. The zero-order valence-electron chi connectivity index (χ0n) is 20.3. The molecule has 0 bridgehead atoms. The van der Waals surface area contributed by atoms with Crippen molar-refractivity contribution in [2.75, 3.05) is 30.1 Å². The number of fused-ring (bicyclic) bond motifs is 1. The fourth-order valence-electron chi connectivity index (χ4n) is 4.05. The summed E-state index contributed by atoms with van der Waals surface area (Å²) in [4.78, 5) is 30.1. The van der Waals surface area contributed by atoms with Crippen molar-refractivity contribution in [3.05, 3.63) is 78.7 Å². The van der Waals surface area contributed by atoms with Crippen LogP contribution in [0.25, 0.3) is 10.9 Å². The van der Waals surface area contributed by atoms with Gasteiger partial charge < -0.3 is 25.4 Å². The number of rotatable bonds is 8. The molecule has 0 atom stereocenters. The molecule has 4 aromatic rings. The summed E-state index contributed by atoms with van der Waals surface area (Å²) in [5.74, 6) is 0.660. The Labute approximate surface area is 212 Å². The molecule has 1 heterocycles. The van der Waals surface area contributed by atoms with Crippen molar-refractivity contribution >= 4 is 39.8 Å². The molecule has 1 fully saturated rings.